The molecule has 0 radical (unpaired) electrons. The SMILES string of the molecule is N[N+](N)(N)N. The van der Waals surface area contributed by atoms with Crippen LogP contribution in [0.4, 0.5) is 0 Å². The van der Waals surface area contributed by atoms with Crippen molar-refractivity contribution >= 4 is 0 Å². The molecule has 0 spiro atoms. The molecule has 0 aromatic heterocycles. The number of nitrogens with zero attached hydrogens (tertiary/aromatic N) is 1. The Morgan fingerprint density at radius 2 is 0.800 bits per heavy atom. The van der Waals surface area contributed by atoms with Gasteiger partial charge in [-0.1, -0.05) is 0 Å². The summed E-state index contributed by atoms with van der Waals surface area (Å²) < 4.78 is 0. The molecule has 0 aliphatic rings. The van der Waals surface area contributed by atoms with Crippen LogP contribution < -0.4 is 23.4 Å². The van der Waals surface area contributed by atoms with Gasteiger partial charge in [0.1, 0.15) is 0 Å². The van der Waals surface area contributed by atoms with Crippen molar-refractivity contribution in [2.45, 2.75) is 0 Å². The predicted octanol–water partition coefficient (Wildman–Crippen LogP) is -2.70. The summed E-state index contributed by atoms with van der Waals surface area (Å²) in [5, 5.41) is 0. The molecule has 0 aromatic carbocycles. The second-order valence-electron chi connectivity index (χ2n) is 0.894. The monoisotopic (exact) mass is 78.1 g/mol. The molecule has 5 nitrogen and oxygen atoms in total. The van der Waals surface area contributed by atoms with Crippen molar-refractivity contribution in [1.82, 2.24) is 0 Å². The third kappa shape index (κ3) is 308. The highest BCUT2D eigenvalue weighted by atomic mass is 16.0. The summed E-state index contributed by atoms with van der Waals surface area (Å²) in [7, 11) is 0. The fourth-order valence-electron chi connectivity index (χ4n) is 0. The van der Waals surface area contributed by atoms with E-state index in [0.717, 1.165) is 0 Å². The molecule has 0 aromatic rings. The highest BCUT2D eigenvalue weighted by Gasteiger charge is 1.92. The molecule has 0 atom stereocenters. The van der Waals surface area contributed by atoms with Crippen molar-refractivity contribution in [2.24, 2.45) is 23.4 Å². The lowest BCUT2D eigenvalue weighted by molar-refractivity contribution is -0.974. The van der Waals surface area contributed by atoms with Gasteiger partial charge in [-0.25, -0.2) is 0 Å². The molecule has 0 saturated heterocycles. The topological polar surface area (TPSA) is 104 Å². The van der Waals surface area contributed by atoms with E-state index in [1.807, 2.05) is 0 Å². The van der Waals surface area contributed by atoms with Crippen LogP contribution in [0.1, 0.15) is 0 Å². The van der Waals surface area contributed by atoms with E-state index in [1.54, 1.807) is 0 Å². The lowest BCUT2D eigenvalue weighted by Crippen LogP contribution is -2.71. The number of hydrogen-bond acceptors (Lipinski definition) is 4. The minimum absolute atomic E-state index is 1.00. The largest absolute Gasteiger partial charge is 0.122 e. The van der Waals surface area contributed by atoms with Crippen molar-refractivity contribution in [2.75, 3.05) is 0 Å². The molecule has 32 valence electrons. The maximum Gasteiger partial charge on any atom is -0.0335 e. The Bertz CT molecular complexity index is 15.5. The molecule has 5 heavy (non-hydrogen) atoms. The third-order valence-corrected chi connectivity index (χ3v) is 0. The van der Waals surface area contributed by atoms with Gasteiger partial charge < -0.3 is 0 Å². The van der Waals surface area contributed by atoms with Crippen molar-refractivity contribution in [3.8, 4) is 0 Å². The van der Waals surface area contributed by atoms with Crippen LogP contribution in [0.3, 0.4) is 0 Å². The van der Waals surface area contributed by atoms with Gasteiger partial charge in [0, 0.05) is 0 Å². The molecule has 0 fully saturated rings. The Labute approximate surface area is 29.6 Å². The van der Waals surface area contributed by atoms with Gasteiger partial charge in [-0.3, -0.25) is 0 Å². The number of nitrogens with two attached hydrogens (primary N) is 4. The average Bonchev–Trinajstić information content (AvgIpc) is 0.722. The molecule has 0 saturated carbocycles. The minimum atomic E-state index is -1.00. The normalized spacial score (nSPS) is 12.0. The van der Waals surface area contributed by atoms with E-state index in [2.05, 4.69) is 23.4 Å². The summed E-state index contributed by atoms with van der Waals surface area (Å²) in [6.45, 7) is 0. The quantitative estimate of drug-likeness (QED) is 0.144. The van der Waals surface area contributed by atoms with Gasteiger partial charge in [-0.2, -0.15) is 0 Å². The molecule has 0 bridgehead atoms. The van der Waals surface area contributed by atoms with Gasteiger partial charge in [0.15, 0.2) is 0 Å². The molecule has 0 rings (SSSR count). The van der Waals surface area contributed by atoms with Crippen molar-refractivity contribution in [3.63, 3.8) is 0 Å². The van der Waals surface area contributed by atoms with E-state index in [4.69, 9.17) is 0 Å². The average molecular weight is 78.1 g/mol. The van der Waals surface area contributed by atoms with E-state index < -0.39 is 4.92 Å². The molecule has 5 heteroatoms. The Balaban J connectivity index is 3.02. The number of hydrogen-bond donors (Lipinski definition) is 4. The fraction of sp³-hybridized carbons (Fsp3) is 0. The summed E-state index contributed by atoms with van der Waals surface area (Å²) in [6.07, 6.45) is 0. The molecule has 0 aliphatic carbocycles. The Morgan fingerprint density at radius 3 is 0.800 bits per heavy atom. The second-order valence-corrected chi connectivity index (χ2v) is 0.894. The Kier molecular flexibility index (Phi) is 0.850. The number of quaternary nitrogens is 1. The lowest BCUT2D eigenvalue weighted by Gasteiger charge is -2.08. The van der Waals surface area contributed by atoms with Crippen LogP contribution in [-0.2, 0) is 0 Å². The Morgan fingerprint density at radius 1 is 0.800 bits per heavy atom. The maximum atomic E-state index is 4.62. The van der Waals surface area contributed by atoms with Crippen LogP contribution >= 0.6 is 0 Å². The zero-order valence-electron chi connectivity index (χ0n) is 2.76. The van der Waals surface area contributed by atoms with E-state index >= 15 is 0 Å². The van der Waals surface area contributed by atoms with Gasteiger partial charge in [-0.05, 0) is 4.92 Å². The van der Waals surface area contributed by atoms with E-state index in [0.29, 0.717) is 0 Å². The Hall–Kier alpha value is -0.200. The summed E-state index contributed by atoms with van der Waals surface area (Å²) in [6, 6.07) is 0. The zero-order valence-corrected chi connectivity index (χ0v) is 2.76. The first-order valence-corrected chi connectivity index (χ1v) is 1.03. The first-order valence-electron chi connectivity index (χ1n) is 1.03. The van der Waals surface area contributed by atoms with Gasteiger partial charge in [0.05, 0.1) is 0 Å². The first kappa shape index (κ1) is 4.80. The van der Waals surface area contributed by atoms with Crippen LogP contribution in [0.15, 0.2) is 0 Å². The van der Waals surface area contributed by atoms with Gasteiger partial charge >= 0.3 is 0 Å². The molecule has 0 amide bonds. The third-order valence-electron chi connectivity index (χ3n) is 0. The van der Waals surface area contributed by atoms with Crippen molar-refractivity contribution in [1.29, 1.82) is 0 Å². The molecule has 0 heterocycles. The van der Waals surface area contributed by atoms with Crippen LogP contribution in [0, 0.1) is 0 Å². The molecule has 8 N–H and O–H groups in total. The van der Waals surface area contributed by atoms with Gasteiger partial charge in [0.25, 0.3) is 0 Å². The maximum absolute atomic E-state index is 4.62. The van der Waals surface area contributed by atoms with E-state index in [-0.39, 0.29) is 0 Å². The zero-order chi connectivity index (χ0) is 4.50. The number of rotatable bonds is 0. The summed E-state index contributed by atoms with van der Waals surface area (Å²) >= 11 is 0. The summed E-state index contributed by atoms with van der Waals surface area (Å²) in [5.74, 6) is 18.5. The van der Waals surface area contributed by atoms with Crippen molar-refractivity contribution < 1.29 is 4.92 Å². The van der Waals surface area contributed by atoms with Crippen LogP contribution in [0.2, 0.25) is 0 Å². The van der Waals surface area contributed by atoms with Gasteiger partial charge in [-0.15, -0.1) is 23.4 Å². The predicted molar refractivity (Wildman–Crippen MR) is 17.0 cm³/mol. The molecule has 0 unspecified atom stereocenters. The standard InChI is InChI=1S/H8N5/c1-5(2,3)4/h1-4H2/q+1. The van der Waals surface area contributed by atoms with Crippen LogP contribution in [-0.4, -0.2) is 4.92 Å². The second kappa shape index (κ2) is 0.886. The van der Waals surface area contributed by atoms with E-state index in [9.17, 15) is 0 Å². The van der Waals surface area contributed by atoms with Gasteiger partial charge in [0.2, 0.25) is 0 Å². The molecule has 0 aliphatic heterocycles. The first-order chi connectivity index (χ1) is 2.00. The van der Waals surface area contributed by atoms with Crippen LogP contribution in [0.5, 0.6) is 0 Å². The molecular weight excluding hydrogens is 70.0 g/mol. The van der Waals surface area contributed by atoms with Crippen LogP contribution in [0.25, 0.3) is 0 Å². The van der Waals surface area contributed by atoms with E-state index in [1.165, 1.54) is 0 Å². The smallest absolute Gasteiger partial charge is 0.0335 e. The summed E-state index contributed by atoms with van der Waals surface area (Å²) in [4.78, 5) is -1.00. The highest BCUT2D eigenvalue weighted by Crippen LogP contribution is 1.35. The minimum Gasteiger partial charge on any atom is -0.122 e. The lowest BCUT2D eigenvalue weighted by atomic mass is 12.0. The van der Waals surface area contributed by atoms with Crippen molar-refractivity contribution in [3.05, 3.63) is 0 Å². The molecular formula is H8N5+. The summed E-state index contributed by atoms with van der Waals surface area (Å²) in [5.41, 5.74) is 0. The highest BCUT2D eigenvalue weighted by molar-refractivity contribution is 3.50. The fourth-order valence-corrected chi connectivity index (χ4v) is 0.